The van der Waals surface area contributed by atoms with Crippen LogP contribution in [0.3, 0.4) is 0 Å². The molecule has 0 bridgehead atoms. The minimum Gasteiger partial charge on any atom is -0.313 e. The third-order valence-corrected chi connectivity index (χ3v) is 3.85. The lowest BCUT2D eigenvalue weighted by molar-refractivity contribution is 0.652. The fourth-order valence-electron chi connectivity index (χ4n) is 1.86. The van der Waals surface area contributed by atoms with Gasteiger partial charge >= 0.3 is 0 Å². The Morgan fingerprint density at radius 1 is 1.37 bits per heavy atom. The first-order valence-electron chi connectivity index (χ1n) is 6.41. The Morgan fingerprint density at radius 3 is 2.79 bits per heavy atom. The first-order valence-corrected chi connectivity index (χ1v) is 7.23. The summed E-state index contributed by atoms with van der Waals surface area (Å²) in [6, 6.07) is 0. The number of aryl methyl sites for hydroxylation is 3. The molecule has 0 aliphatic carbocycles. The van der Waals surface area contributed by atoms with E-state index in [0.29, 0.717) is 0 Å². The molecule has 2 rings (SSSR count). The van der Waals surface area contributed by atoms with E-state index in [1.165, 1.54) is 5.56 Å². The zero-order chi connectivity index (χ0) is 13.8. The second-order valence-electron chi connectivity index (χ2n) is 4.47. The molecule has 0 saturated heterocycles. The van der Waals surface area contributed by atoms with Crippen molar-refractivity contribution in [3.63, 3.8) is 0 Å². The van der Waals surface area contributed by atoms with Gasteiger partial charge in [-0.15, -0.1) is 5.10 Å². The molecule has 0 aromatic carbocycles. The number of rotatable bonds is 6. The smallest absolute Gasteiger partial charge is 0.214 e. The van der Waals surface area contributed by atoms with Crippen molar-refractivity contribution in [2.24, 2.45) is 7.05 Å². The standard InChI is InChI=1S/C12H20N6S/c1-5-6-13-7-10-8(2)17-18(4)11(10)19-12-14-9(3)15-16-12/h13H,5-7H2,1-4H3,(H,14,15,16). The molecule has 0 spiro atoms. The van der Waals surface area contributed by atoms with Crippen LogP contribution < -0.4 is 5.32 Å². The number of hydrogen-bond acceptors (Lipinski definition) is 5. The predicted octanol–water partition coefficient (Wildman–Crippen LogP) is 1.81. The van der Waals surface area contributed by atoms with Crippen molar-refractivity contribution < 1.29 is 0 Å². The van der Waals surface area contributed by atoms with Crippen molar-refractivity contribution in [3.8, 4) is 0 Å². The summed E-state index contributed by atoms with van der Waals surface area (Å²) >= 11 is 1.55. The summed E-state index contributed by atoms with van der Waals surface area (Å²) < 4.78 is 1.90. The van der Waals surface area contributed by atoms with Gasteiger partial charge in [-0.25, -0.2) is 4.98 Å². The molecule has 0 unspecified atom stereocenters. The maximum Gasteiger partial charge on any atom is 0.214 e. The van der Waals surface area contributed by atoms with Gasteiger partial charge in [-0.3, -0.25) is 9.78 Å². The van der Waals surface area contributed by atoms with Crippen LogP contribution in [0.5, 0.6) is 0 Å². The molecule has 104 valence electrons. The van der Waals surface area contributed by atoms with Crippen LogP contribution >= 0.6 is 11.8 Å². The molecule has 2 heterocycles. The summed E-state index contributed by atoms with van der Waals surface area (Å²) in [7, 11) is 1.96. The molecular weight excluding hydrogens is 260 g/mol. The average molecular weight is 280 g/mol. The second-order valence-corrected chi connectivity index (χ2v) is 5.43. The summed E-state index contributed by atoms with van der Waals surface area (Å²) in [5.41, 5.74) is 2.28. The fraction of sp³-hybridized carbons (Fsp3) is 0.583. The summed E-state index contributed by atoms with van der Waals surface area (Å²) in [6.45, 7) is 7.94. The van der Waals surface area contributed by atoms with Gasteiger partial charge in [0.25, 0.3) is 0 Å². The largest absolute Gasteiger partial charge is 0.313 e. The maximum atomic E-state index is 4.48. The Balaban J connectivity index is 2.18. The summed E-state index contributed by atoms with van der Waals surface area (Å²) in [5, 5.41) is 16.8. The molecule has 0 amide bonds. The molecule has 0 saturated carbocycles. The Bertz CT molecular complexity index is 544. The molecule has 0 fully saturated rings. The lowest BCUT2D eigenvalue weighted by Crippen LogP contribution is -2.14. The van der Waals surface area contributed by atoms with Crippen LogP contribution in [-0.4, -0.2) is 31.5 Å². The van der Waals surface area contributed by atoms with Gasteiger partial charge in [0.05, 0.1) is 5.69 Å². The second kappa shape index (κ2) is 6.21. The number of nitrogens with one attached hydrogen (secondary N) is 2. The molecule has 0 aliphatic heterocycles. The topological polar surface area (TPSA) is 71.4 Å². The van der Waals surface area contributed by atoms with E-state index in [-0.39, 0.29) is 0 Å². The van der Waals surface area contributed by atoms with Gasteiger partial charge in [-0.2, -0.15) is 5.10 Å². The zero-order valence-electron chi connectivity index (χ0n) is 11.8. The van der Waals surface area contributed by atoms with Crippen molar-refractivity contribution in [2.75, 3.05) is 6.54 Å². The third-order valence-electron chi connectivity index (χ3n) is 2.78. The van der Waals surface area contributed by atoms with Gasteiger partial charge in [-0.05, 0) is 38.6 Å². The quantitative estimate of drug-likeness (QED) is 0.790. The van der Waals surface area contributed by atoms with Crippen molar-refractivity contribution in [2.45, 2.75) is 43.9 Å². The molecule has 0 radical (unpaired) electrons. The molecule has 2 aromatic heterocycles. The SMILES string of the molecule is CCCNCc1c(C)nn(C)c1Sc1n[nH]c(C)n1. The van der Waals surface area contributed by atoms with Crippen LogP contribution in [0.1, 0.15) is 30.4 Å². The molecule has 2 N–H and O–H groups in total. The average Bonchev–Trinajstić information content (AvgIpc) is 2.88. The molecular formula is C12H20N6S. The van der Waals surface area contributed by atoms with E-state index in [0.717, 1.165) is 41.2 Å². The Hall–Kier alpha value is -1.34. The molecule has 0 aliphatic rings. The van der Waals surface area contributed by atoms with Gasteiger partial charge in [0.2, 0.25) is 5.16 Å². The maximum absolute atomic E-state index is 4.48. The van der Waals surface area contributed by atoms with Crippen molar-refractivity contribution in [3.05, 3.63) is 17.1 Å². The van der Waals surface area contributed by atoms with Gasteiger partial charge in [0.15, 0.2) is 0 Å². The molecule has 7 heteroatoms. The van der Waals surface area contributed by atoms with Crippen LogP contribution in [0.25, 0.3) is 0 Å². The molecule has 0 atom stereocenters. The van der Waals surface area contributed by atoms with Crippen LogP contribution in [0.2, 0.25) is 0 Å². The van der Waals surface area contributed by atoms with Crippen LogP contribution in [0, 0.1) is 13.8 Å². The Labute approximate surface area is 117 Å². The van der Waals surface area contributed by atoms with Gasteiger partial charge in [0.1, 0.15) is 10.9 Å². The highest BCUT2D eigenvalue weighted by atomic mass is 32.2. The highest BCUT2D eigenvalue weighted by molar-refractivity contribution is 7.99. The fourth-order valence-corrected chi connectivity index (χ4v) is 2.82. The van der Waals surface area contributed by atoms with E-state index >= 15 is 0 Å². The number of hydrogen-bond donors (Lipinski definition) is 2. The van der Waals surface area contributed by atoms with E-state index in [4.69, 9.17) is 0 Å². The molecule has 2 aromatic rings. The summed E-state index contributed by atoms with van der Waals surface area (Å²) in [4.78, 5) is 4.33. The zero-order valence-corrected chi connectivity index (χ0v) is 12.6. The minimum absolute atomic E-state index is 0.734. The van der Waals surface area contributed by atoms with Crippen LogP contribution in [0.15, 0.2) is 10.2 Å². The predicted molar refractivity (Wildman–Crippen MR) is 75.2 cm³/mol. The van der Waals surface area contributed by atoms with Gasteiger partial charge < -0.3 is 5.32 Å². The number of aromatic nitrogens is 5. The van der Waals surface area contributed by atoms with Crippen molar-refractivity contribution in [1.82, 2.24) is 30.3 Å². The monoisotopic (exact) mass is 280 g/mol. The van der Waals surface area contributed by atoms with E-state index < -0.39 is 0 Å². The summed E-state index contributed by atoms with van der Waals surface area (Å²) in [5.74, 6) is 0.826. The van der Waals surface area contributed by atoms with E-state index in [2.05, 4.69) is 32.5 Å². The Kier molecular flexibility index (Phi) is 4.60. The van der Waals surface area contributed by atoms with E-state index in [9.17, 15) is 0 Å². The van der Waals surface area contributed by atoms with E-state index in [1.54, 1.807) is 11.8 Å². The van der Waals surface area contributed by atoms with Gasteiger partial charge in [0, 0.05) is 19.2 Å². The first-order chi connectivity index (χ1) is 9.11. The number of aromatic amines is 1. The normalized spacial score (nSPS) is 11.2. The van der Waals surface area contributed by atoms with Crippen molar-refractivity contribution >= 4 is 11.8 Å². The molecule has 6 nitrogen and oxygen atoms in total. The first kappa shape index (κ1) is 14.1. The van der Waals surface area contributed by atoms with Gasteiger partial charge in [-0.1, -0.05) is 6.92 Å². The van der Waals surface area contributed by atoms with Crippen molar-refractivity contribution in [1.29, 1.82) is 0 Å². The highest BCUT2D eigenvalue weighted by Crippen LogP contribution is 2.29. The van der Waals surface area contributed by atoms with Crippen LogP contribution in [0.4, 0.5) is 0 Å². The van der Waals surface area contributed by atoms with Crippen LogP contribution in [-0.2, 0) is 13.6 Å². The third kappa shape index (κ3) is 3.36. The lowest BCUT2D eigenvalue weighted by Gasteiger charge is -2.05. The lowest BCUT2D eigenvalue weighted by atomic mass is 10.2. The molecule has 19 heavy (non-hydrogen) atoms. The number of nitrogens with zero attached hydrogens (tertiary/aromatic N) is 4. The minimum atomic E-state index is 0.734. The number of H-pyrrole nitrogens is 1. The Morgan fingerprint density at radius 2 is 2.16 bits per heavy atom. The summed E-state index contributed by atoms with van der Waals surface area (Å²) in [6.07, 6.45) is 1.13. The highest BCUT2D eigenvalue weighted by Gasteiger charge is 2.16. The van der Waals surface area contributed by atoms with E-state index in [1.807, 2.05) is 25.6 Å².